The predicted molar refractivity (Wildman–Crippen MR) is 79.7 cm³/mol. The number of nitrogens with zero attached hydrogens (tertiary/aromatic N) is 2. The summed E-state index contributed by atoms with van der Waals surface area (Å²) in [5.41, 5.74) is 3.04. The second kappa shape index (κ2) is 5.81. The lowest BCUT2D eigenvalue weighted by Crippen LogP contribution is -2.01. The number of methoxy groups -OCH3 is 1. The third kappa shape index (κ3) is 2.84. The van der Waals surface area contributed by atoms with Crippen LogP contribution in [0, 0.1) is 25.2 Å². The van der Waals surface area contributed by atoms with Gasteiger partial charge in [-0.25, -0.2) is 4.98 Å². The fourth-order valence-electron chi connectivity index (χ4n) is 1.94. The van der Waals surface area contributed by atoms with Crippen LogP contribution in [0.2, 0.25) is 5.02 Å². The maximum Gasteiger partial charge on any atom is 0.148 e. The summed E-state index contributed by atoms with van der Waals surface area (Å²) >= 11 is 5.99. The summed E-state index contributed by atoms with van der Waals surface area (Å²) in [7, 11) is 1.56. The zero-order valence-electron chi connectivity index (χ0n) is 11.5. The number of hydrogen-bond acceptors (Lipinski definition) is 4. The first-order valence-corrected chi connectivity index (χ1v) is 6.42. The molecule has 0 spiro atoms. The van der Waals surface area contributed by atoms with Crippen molar-refractivity contribution in [2.24, 2.45) is 0 Å². The van der Waals surface area contributed by atoms with Crippen molar-refractivity contribution in [1.29, 1.82) is 5.26 Å². The normalized spacial score (nSPS) is 9.95. The highest BCUT2D eigenvalue weighted by Gasteiger charge is 2.10. The molecule has 0 fully saturated rings. The number of hydrogen-bond donors (Lipinski definition) is 1. The molecule has 2 rings (SSSR count). The Balaban J connectivity index is 2.42. The summed E-state index contributed by atoms with van der Waals surface area (Å²) in [6, 6.07) is 9.36. The lowest BCUT2D eigenvalue weighted by molar-refractivity contribution is 0.415. The van der Waals surface area contributed by atoms with Crippen molar-refractivity contribution in [1.82, 2.24) is 4.98 Å². The van der Waals surface area contributed by atoms with Crippen LogP contribution < -0.4 is 10.1 Å². The Labute approximate surface area is 123 Å². The number of anilines is 2. The number of aromatic nitrogens is 1. The molecule has 0 aliphatic rings. The Bertz CT molecular complexity index is 692. The highest BCUT2D eigenvalue weighted by molar-refractivity contribution is 6.32. The van der Waals surface area contributed by atoms with Gasteiger partial charge in [0.05, 0.1) is 17.7 Å². The molecule has 0 aliphatic heterocycles. The van der Waals surface area contributed by atoms with Gasteiger partial charge in [-0.05, 0) is 37.6 Å². The lowest BCUT2D eigenvalue weighted by atomic mass is 10.1. The van der Waals surface area contributed by atoms with E-state index < -0.39 is 0 Å². The summed E-state index contributed by atoms with van der Waals surface area (Å²) in [6.45, 7) is 3.78. The molecule has 102 valence electrons. The van der Waals surface area contributed by atoms with Crippen molar-refractivity contribution in [3.63, 3.8) is 0 Å². The molecule has 0 saturated carbocycles. The molecular weight excluding hydrogens is 274 g/mol. The maximum atomic E-state index is 9.24. The average Bonchev–Trinajstić information content (AvgIpc) is 2.40. The molecule has 1 N–H and O–H groups in total. The highest BCUT2D eigenvalue weighted by atomic mass is 35.5. The van der Waals surface area contributed by atoms with Gasteiger partial charge in [0, 0.05) is 17.4 Å². The first kappa shape index (κ1) is 14.2. The van der Waals surface area contributed by atoms with Crippen molar-refractivity contribution < 1.29 is 4.74 Å². The molecule has 2 aromatic rings. The van der Waals surface area contributed by atoms with E-state index in [1.165, 1.54) is 0 Å². The number of aryl methyl sites for hydroxylation is 2. The van der Waals surface area contributed by atoms with Crippen LogP contribution in [0.3, 0.4) is 0 Å². The van der Waals surface area contributed by atoms with E-state index in [4.69, 9.17) is 16.3 Å². The molecule has 0 bridgehead atoms. The van der Waals surface area contributed by atoms with Gasteiger partial charge in [-0.15, -0.1) is 0 Å². The number of halogens is 1. The second-order valence-corrected chi connectivity index (χ2v) is 4.80. The highest BCUT2D eigenvalue weighted by Crippen LogP contribution is 2.29. The average molecular weight is 288 g/mol. The number of ether oxygens (including phenoxy) is 1. The number of benzene rings is 1. The molecule has 0 saturated heterocycles. The van der Waals surface area contributed by atoms with Crippen molar-refractivity contribution in [3.05, 3.63) is 46.1 Å². The van der Waals surface area contributed by atoms with Gasteiger partial charge in [-0.3, -0.25) is 0 Å². The van der Waals surface area contributed by atoms with Gasteiger partial charge in [-0.2, -0.15) is 5.26 Å². The Hall–Kier alpha value is -2.25. The molecule has 1 heterocycles. The van der Waals surface area contributed by atoms with Crippen molar-refractivity contribution in [3.8, 4) is 11.8 Å². The van der Waals surface area contributed by atoms with Gasteiger partial charge >= 0.3 is 0 Å². The summed E-state index contributed by atoms with van der Waals surface area (Å²) in [5.74, 6) is 1.11. The molecule has 4 nitrogen and oxygen atoms in total. The number of nitrogens with one attached hydrogen (secondary N) is 1. The van der Waals surface area contributed by atoms with Crippen LogP contribution in [0.25, 0.3) is 0 Å². The lowest BCUT2D eigenvalue weighted by Gasteiger charge is -2.11. The Morgan fingerprint density at radius 3 is 2.70 bits per heavy atom. The molecular formula is C15H14ClN3O. The standard InChI is InChI=1S/C15H14ClN3O/c1-9-6-10(2)18-15(12(9)8-17)19-11-4-5-13(16)14(7-11)20-3/h4-7H,1-3H3,(H,18,19). The van der Waals surface area contributed by atoms with Crippen LogP contribution in [0.15, 0.2) is 24.3 Å². The molecule has 0 amide bonds. The van der Waals surface area contributed by atoms with Crippen LogP contribution in [-0.4, -0.2) is 12.1 Å². The zero-order chi connectivity index (χ0) is 14.7. The van der Waals surface area contributed by atoms with Gasteiger partial charge in [0.2, 0.25) is 0 Å². The smallest absolute Gasteiger partial charge is 0.148 e. The summed E-state index contributed by atoms with van der Waals surface area (Å²) in [6.07, 6.45) is 0. The van der Waals surface area contributed by atoms with Gasteiger partial charge in [0.15, 0.2) is 0 Å². The summed E-state index contributed by atoms with van der Waals surface area (Å²) in [4.78, 5) is 4.37. The van der Waals surface area contributed by atoms with E-state index in [1.807, 2.05) is 26.0 Å². The Morgan fingerprint density at radius 2 is 2.05 bits per heavy atom. The molecule has 0 atom stereocenters. The first-order chi connectivity index (χ1) is 9.55. The van der Waals surface area contributed by atoms with E-state index in [9.17, 15) is 5.26 Å². The largest absolute Gasteiger partial charge is 0.495 e. The molecule has 20 heavy (non-hydrogen) atoms. The monoisotopic (exact) mass is 287 g/mol. The zero-order valence-corrected chi connectivity index (χ0v) is 12.2. The minimum absolute atomic E-state index is 0.532. The molecule has 0 aliphatic carbocycles. The summed E-state index contributed by atoms with van der Waals surface area (Å²) in [5, 5.41) is 12.9. The second-order valence-electron chi connectivity index (χ2n) is 4.39. The van der Waals surface area contributed by atoms with Gasteiger partial charge in [0.25, 0.3) is 0 Å². The number of nitriles is 1. The van der Waals surface area contributed by atoms with Crippen LogP contribution in [0.5, 0.6) is 5.75 Å². The molecule has 0 radical (unpaired) electrons. The van der Waals surface area contributed by atoms with Crippen molar-refractivity contribution in [2.75, 3.05) is 12.4 Å². The van der Waals surface area contributed by atoms with Crippen molar-refractivity contribution in [2.45, 2.75) is 13.8 Å². The van der Waals surface area contributed by atoms with Crippen LogP contribution in [-0.2, 0) is 0 Å². The van der Waals surface area contributed by atoms with Crippen LogP contribution >= 0.6 is 11.6 Å². The molecule has 0 unspecified atom stereocenters. The van der Waals surface area contributed by atoms with Gasteiger partial charge in [-0.1, -0.05) is 11.6 Å². The van der Waals surface area contributed by atoms with E-state index in [-0.39, 0.29) is 0 Å². The fourth-order valence-corrected chi connectivity index (χ4v) is 2.14. The van der Waals surface area contributed by atoms with Crippen LogP contribution in [0.4, 0.5) is 11.5 Å². The minimum atomic E-state index is 0.532. The van der Waals surface area contributed by atoms with E-state index in [0.29, 0.717) is 22.2 Å². The quantitative estimate of drug-likeness (QED) is 0.928. The van der Waals surface area contributed by atoms with E-state index in [1.54, 1.807) is 19.2 Å². The number of pyridine rings is 1. The molecule has 1 aromatic heterocycles. The Kier molecular flexibility index (Phi) is 4.11. The molecule has 5 heteroatoms. The topological polar surface area (TPSA) is 57.9 Å². The van der Waals surface area contributed by atoms with E-state index >= 15 is 0 Å². The Morgan fingerprint density at radius 1 is 1.30 bits per heavy atom. The predicted octanol–water partition coefficient (Wildman–Crippen LogP) is 3.98. The van der Waals surface area contributed by atoms with Gasteiger partial charge < -0.3 is 10.1 Å². The van der Waals surface area contributed by atoms with Gasteiger partial charge in [0.1, 0.15) is 17.6 Å². The summed E-state index contributed by atoms with van der Waals surface area (Å²) < 4.78 is 5.17. The SMILES string of the molecule is COc1cc(Nc2nc(C)cc(C)c2C#N)ccc1Cl. The first-order valence-electron chi connectivity index (χ1n) is 6.04. The fraction of sp³-hybridized carbons (Fsp3) is 0.200. The van der Waals surface area contributed by atoms with E-state index in [2.05, 4.69) is 16.4 Å². The third-order valence-corrected chi connectivity index (χ3v) is 3.18. The maximum absolute atomic E-state index is 9.24. The number of rotatable bonds is 3. The van der Waals surface area contributed by atoms with Crippen LogP contribution in [0.1, 0.15) is 16.8 Å². The minimum Gasteiger partial charge on any atom is -0.495 e. The van der Waals surface area contributed by atoms with E-state index in [0.717, 1.165) is 16.9 Å². The molecule has 1 aromatic carbocycles. The third-order valence-electron chi connectivity index (χ3n) is 2.87. The van der Waals surface area contributed by atoms with Crippen molar-refractivity contribution >= 4 is 23.1 Å².